The molecule has 0 aliphatic heterocycles. The number of fused-ring (bicyclic) bond motifs is 1. The van der Waals surface area contributed by atoms with E-state index in [1.165, 1.54) is 16.6 Å². The number of hydrogen-bond acceptors (Lipinski definition) is 2. The third-order valence-corrected chi connectivity index (χ3v) is 2.86. The van der Waals surface area contributed by atoms with Gasteiger partial charge in [0.05, 0.1) is 12.6 Å². The summed E-state index contributed by atoms with van der Waals surface area (Å²) < 4.78 is 5.34. The number of para-hydroxylation sites is 1. The van der Waals surface area contributed by atoms with E-state index in [0.29, 0.717) is 0 Å². The van der Waals surface area contributed by atoms with Crippen molar-refractivity contribution >= 4 is 10.9 Å². The highest BCUT2D eigenvalue weighted by Gasteiger charge is 2.12. The van der Waals surface area contributed by atoms with Crippen LogP contribution >= 0.6 is 0 Å². The van der Waals surface area contributed by atoms with Gasteiger partial charge in [-0.05, 0) is 31.9 Å². The molecule has 3 N–H and O–H groups in total. The lowest BCUT2D eigenvalue weighted by molar-refractivity contribution is 0.419. The number of aromatic nitrogens is 1. The van der Waals surface area contributed by atoms with Crippen LogP contribution in [0, 0.1) is 6.92 Å². The van der Waals surface area contributed by atoms with Crippen molar-refractivity contribution in [3.8, 4) is 5.75 Å². The molecule has 0 fully saturated rings. The van der Waals surface area contributed by atoms with Gasteiger partial charge in [-0.25, -0.2) is 0 Å². The Morgan fingerprint density at radius 2 is 2.19 bits per heavy atom. The molecule has 1 unspecified atom stereocenters. The second-order valence-electron chi connectivity index (χ2n) is 4.29. The normalized spacial score (nSPS) is 13.0. The maximum Gasteiger partial charge on any atom is 0.142 e. The molecule has 2 aromatic rings. The molecule has 0 aliphatic rings. The lowest BCUT2D eigenvalue weighted by Crippen LogP contribution is -2.18. The summed E-state index contributed by atoms with van der Waals surface area (Å²) in [7, 11) is 1.69. The molecular formula is C13H18N2O. The molecule has 0 aliphatic carbocycles. The van der Waals surface area contributed by atoms with Gasteiger partial charge in [0, 0.05) is 17.1 Å². The molecule has 2 rings (SSSR count). The summed E-state index contributed by atoms with van der Waals surface area (Å²) in [5.41, 5.74) is 9.41. The highest BCUT2D eigenvalue weighted by Crippen LogP contribution is 2.29. The number of nitrogens with two attached hydrogens (primary N) is 1. The Labute approximate surface area is 95.6 Å². The number of benzene rings is 1. The molecule has 0 amide bonds. The van der Waals surface area contributed by atoms with Crippen molar-refractivity contribution in [1.29, 1.82) is 0 Å². The SMILES string of the molecule is COc1cccc2c(CC(C)N)c(C)[nH]c12. The first-order valence-corrected chi connectivity index (χ1v) is 5.53. The van der Waals surface area contributed by atoms with E-state index in [0.717, 1.165) is 17.7 Å². The Bertz CT molecular complexity index is 500. The Morgan fingerprint density at radius 1 is 1.44 bits per heavy atom. The summed E-state index contributed by atoms with van der Waals surface area (Å²) >= 11 is 0. The average Bonchev–Trinajstić information content (AvgIpc) is 2.55. The zero-order valence-electron chi connectivity index (χ0n) is 10.0. The first-order chi connectivity index (χ1) is 7.63. The molecule has 1 atom stereocenters. The Hall–Kier alpha value is -1.48. The van der Waals surface area contributed by atoms with Gasteiger partial charge in [-0.1, -0.05) is 12.1 Å². The number of aromatic amines is 1. The van der Waals surface area contributed by atoms with Crippen LogP contribution in [0.2, 0.25) is 0 Å². The van der Waals surface area contributed by atoms with Crippen LogP contribution in [0.5, 0.6) is 5.75 Å². The van der Waals surface area contributed by atoms with Gasteiger partial charge >= 0.3 is 0 Å². The average molecular weight is 218 g/mol. The van der Waals surface area contributed by atoms with Crippen molar-refractivity contribution in [3.63, 3.8) is 0 Å². The van der Waals surface area contributed by atoms with Crippen LogP contribution in [0.1, 0.15) is 18.2 Å². The first kappa shape index (κ1) is 11.0. The van der Waals surface area contributed by atoms with Gasteiger partial charge in [0.2, 0.25) is 0 Å². The third kappa shape index (κ3) is 1.78. The van der Waals surface area contributed by atoms with Crippen molar-refractivity contribution in [3.05, 3.63) is 29.5 Å². The van der Waals surface area contributed by atoms with Crippen LogP contribution in [0.3, 0.4) is 0 Å². The second-order valence-corrected chi connectivity index (χ2v) is 4.29. The van der Waals surface area contributed by atoms with Crippen LogP contribution < -0.4 is 10.5 Å². The molecular weight excluding hydrogens is 200 g/mol. The minimum Gasteiger partial charge on any atom is -0.495 e. The zero-order valence-corrected chi connectivity index (χ0v) is 10.0. The molecule has 1 aromatic carbocycles. The van der Waals surface area contributed by atoms with Gasteiger partial charge in [-0.2, -0.15) is 0 Å². The molecule has 0 bridgehead atoms. The van der Waals surface area contributed by atoms with Crippen LogP contribution in [-0.4, -0.2) is 18.1 Å². The lowest BCUT2D eigenvalue weighted by atomic mass is 10.0. The van der Waals surface area contributed by atoms with E-state index in [1.54, 1.807) is 7.11 Å². The number of nitrogens with one attached hydrogen (secondary N) is 1. The van der Waals surface area contributed by atoms with Crippen molar-refractivity contribution in [2.45, 2.75) is 26.3 Å². The minimum absolute atomic E-state index is 0.170. The molecule has 3 nitrogen and oxygen atoms in total. The maximum atomic E-state index is 5.87. The van der Waals surface area contributed by atoms with Crippen molar-refractivity contribution in [2.24, 2.45) is 5.73 Å². The van der Waals surface area contributed by atoms with Crippen LogP contribution in [-0.2, 0) is 6.42 Å². The van der Waals surface area contributed by atoms with E-state index < -0.39 is 0 Å². The molecule has 1 aromatic heterocycles. The van der Waals surface area contributed by atoms with Gasteiger partial charge < -0.3 is 15.5 Å². The fraction of sp³-hybridized carbons (Fsp3) is 0.385. The topological polar surface area (TPSA) is 51.0 Å². The Balaban J connectivity index is 2.61. The zero-order chi connectivity index (χ0) is 11.7. The Morgan fingerprint density at radius 3 is 2.81 bits per heavy atom. The van der Waals surface area contributed by atoms with Crippen molar-refractivity contribution in [1.82, 2.24) is 4.98 Å². The van der Waals surface area contributed by atoms with Gasteiger partial charge in [0.15, 0.2) is 0 Å². The summed E-state index contributed by atoms with van der Waals surface area (Å²) in [5, 5.41) is 1.22. The minimum atomic E-state index is 0.170. The molecule has 0 radical (unpaired) electrons. The molecule has 16 heavy (non-hydrogen) atoms. The van der Waals surface area contributed by atoms with Crippen molar-refractivity contribution < 1.29 is 4.74 Å². The summed E-state index contributed by atoms with van der Waals surface area (Å²) in [5.74, 6) is 0.886. The molecule has 3 heteroatoms. The number of aryl methyl sites for hydroxylation is 1. The van der Waals surface area contributed by atoms with E-state index in [2.05, 4.69) is 18.0 Å². The largest absolute Gasteiger partial charge is 0.495 e. The predicted octanol–water partition coefficient (Wildman–Crippen LogP) is 2.37. The maximum absolute atomic E-state index is 5.87. The second kappa shape index (κ2) is 4.18. The summed E-state index contributed by atoms with van der Waals surface area (Å²) in [6, 6.07) is 6.26. The fourth-order valence-electron chi connectivity index (χ4n) is 2.13. The molecule has 0 spiro atoms. The molecule has 0 saturated heterocycles. The predicted molar refractivity (Wildman–Crippen MR) is 66.9 cm³/mol. The highest BCUT2D eigenvalue weighted by molar-refractivity contribution is 5.89. The van der Waals surface area contributed by atoms with Crippen LogP contribution in [0.15, 0.2) is 18.2 Å². The quantitative estimate of drug-likeness (QED) is 0.831. The smallest absolute Gasteiger partial charge is 0.142 e. The summed E-state index contributed by atoms with van der Waals surface area (Å²) in [6.07, 6.45) is 0.888. The summed E-state index contributed by atoms with van der Waals surface area (Å²) in [4.78, 5) is 3.37. The van der Waals surface area contributed by atoms with E-state index >= 15 is 0 Å². The number of rotatable bonds is 3. The molecule has 1 heterocycles. The van der Waals surface area contributed by atoms with Gasteiger partial charge in [-0.15, -0.1) is 0 Å². The van der Waals surface area contributed by atoms with Crippen molar-refractivity contribution in [2.75, 3.05) is 7.11 Å². The highest BCUT2D eigenvalue weighted by atomic mass is 16.5. The van der Waals surface area contributed by atoms with Gasteiger partial charge in [0.25, 0.3) is 0 Å². The molecule has 86 valence electrons. The third-order valence-electron chi connectivity index (χ3n) is 2.86. The standard InChI is InChI=1S/C13H18N2O/c1-8(14)7-11-9(2)15-13-10(11)5-4-6-12(13)16-3/h4-6,8,15H,7,14H2,1-3H3. The van der Waals surface area contributed by atoms with Gasteiger partial charge in [0.1, 0.15) is 5.75 Å². The number of ether oxygens (including phenoxy) is 1. The summed E-state index contributed by atoms with van der Waals surface area (Å²) in [6.45, 7) is 4.11. The lowest BCUT2D eigenvalue weighted by Gasteiger charge is -2.05. The van der Waals surface area contributed by atoms with E-state index in [-0.39, 0.29) is 6.04 Å². The van der Waals surface area contributed by atoms with E-state index in [4.69, 9.17) is 10.5 Å². The monoisotopic (exact) mass is 218 g/mol. The number of hydrogen-bond donors (Lipinski definition) is 2. The first-order valence-electron chi connectivity index (χ1n) is 5.53. The van der Waals surface area contributed by atoms with Crippen LogP contribution in [0.25, 0.3) is 10.9 Å². The number of methoxy groups -OCH3 is 1. The Kier molecular flexibility index (Phi) is 2.88. The van der Waals surface area contributed by atoms with Crippen LogP contribution in [0.4, 0.5) is 0 Å². The molecule has 0 saturated carbocycles. The van der Waals surface area contributed by atoms with Gasteiger partial charge in [-0.3, -0.25) is 0 Å². The van der Waals surface area contributed by atoms with E-state index in [1.807, 2.05) is 19.1 Å². The fourth-order valence-corrected chi connectivity index (χ4v) is 2.13. The van der Waals surface area contributed by atoms with E-state index in [9.17, 15) is 0 Å². The number of H-pyrrole nitrogens is 1.